The van der Waals surface area contributed by atoms with Crippen molar-refractivity contribution in [2.24, 2.45) is 0 Å². The fourth-order valence-corrected chi connectivity index (χ4v) is 4.77. The summed E-state index contributed by atoms with van der Waals surface area (Å²) in [6.45, 7) is 3.82. The molecule has 1 heterocycles. The van der Waals surface area contributed by atoms with Crippen molar-refractivity contribution in [1.82, 2.24) is 9.97 Å². The van der Waals surface area contributed by atoms with Crippen molar-refractivity contribution in [2.45, 2.75) is 37.5 Å². The summed E-state index contributed by atoms with van der Waals surface area (Å²) in [5, 5.41) is 0.168. The van der Waals surface area contributed by atoms with Crippen molar-refractivity contribution in [3.05, 3.63) is 69.9 Å². The molecule has 1 N–H and O–H groups in total. The van der Waals surface area contributed by atoms with Gasteiger partial charge in [0, 0.05) is 11.1 Å². The fourth-order valence-electron chi connectivity index (χ4n) is 3.61. The Bertz CT molecular complexity index is 1320. The number of sulfonamides is 1. The average Bonchev–Trinajstić information content (AvgIpc) is 3.61. The van der Waals surface area contributed by atoms with Crippen molar-refractivity contribution in [2.75, 3.05) is 11.8 Å². The zero-order chi connectivity index (χ0) is 23.0. The first-order valence-electron chi connectivity index (χ1n) is 10.1. The van der Waals surface area contributed by atoms with Crippen LogP contribution in [0, 0.1) is 13.8 Å². The number of rotatable bonds is 6. The van der Waals surface area contributed by atoms with Crippen molar-refractivity contribution >= 4 is 33.5 Å². The van der Waals surface area contributed by atoms with Crippen LogP contribution in [0.3, 0.4) is 0 Å². The highest BCUT2D eigenvalue weighted by molar-refractivity contribution is 7.92. The molecule has 0 amide bonds. The number of carbonyl (C=O) groups is 1. The van der Waals surface area contributed by atoms with Gasteiger partial charge >= 0.3 is 5.97 Å². The van der Waals surface area contributed by atoms with Gasteiger partial charge in [-0.2, -0.15) is 4.98 Å². The second-order valence-corrected chi connectivity index (χ2v) is 9.79. The molecule has 0 radical (unpaired) electrons. The number of esters is 1. The molecule has 1 fully saturated rings. The molecule has 1 aliphatic carbocycles. The minimum atomic E-state index is -4.07. The normalized spacial score (nSPS) is 13.6. The van der Waals surface area contributed by atoms with E-state index in [-0.39, 0.29) is 21.6 Å². The van der Waals surface area contributed by atoms with E-state index in [1.165, 1.54) is 36.9 Å². The Kier molecular flexibility index (Phi) is 5.92. The Hall–Kier alpha value is -2.97. The molecular formula is C23H22ClN3O4S. The van der Waals surface area contributed by atoms with Gasteiger partial charge in [-0.15, -0.1) is 0 Å². The standard InChI is InChI=1S/C23H22ClN3O4S/c1-13-6-4-9-18(15-10-11-15)19(13)20-14(2)21(24)26-23(25-20)27-32(29,30)17-8-5-7-16(12-17)22(28)31-3/h4-9,12,15H,10-11H2,1-3H3,(H,25,26,27). The minimum absolute atomic E-state index is 0.114. The highest BCUT2D eigenvalue weighted by atomic mass is 35.5. The van der Waals surface area contributed by atoms with Crippen LogP contribution in [-0.2, 0) is 14.8 Å². The third-order valence-electron chi connectivity index (χ3n) is 5.44. The maximum Gasteiger partial charge on any atom is 0.337 e. The van der Waals surface area contributed by atoms with Crippen LogP contribution in [0.2, 0.25) is 5.15 Å². The number of nitrogens with zero attached hydrogens (tertiary/aromatic N) is 2. The third-order valence-corrected chi connectivity index (χ3v) is 7.13. The fraction of sp³-hybridized carbons (Fsp3) is 0.261. The van der Waals surface area contributed by atoms with Crippen LogP contribution < -0.4 is 4.72 Å². The number of methoxy groups -OCH3 is 1. The number of nitrogens with one attached hydrogen (secondary N) is 1. The largest absolute Gasteiger partial charge is 0.465 e. The number of aromatic nitrogens is 2. The maximum absolute atomic E-state index is 13.0. The van der Waals surface area contributed by atoms with E-state index in [9.17, 15) is 13.2 Å². The second kappa shape index (κ2) is 8.52. The first-order valence-corrected chi connectivity index (χ1v) is 11.9. The minimum Gasteiger partial charge on any atom is -0.465 e. The van der Waals surface area contributed by atoms with Crippen molar-refractivity contribution in [3.8, 4) is 11.3 Å². The van der Waals surface area contributed by atoms with Crippen LogP contribution in [0.1, 0.15) is 45.8 Å². The number of ether oxygens (including phenoxy) is 1. The first-order chi connectivity index (χ1) is 15.2. The van der Waals surface area contributed by atoms with Gasteiger partial charge in [-0.1, -0.05) is 35.9 Å². The zero-order valence-electron chi connectivity index (χ0n) is 17.8. The Labute approximate surface area is 191 Å². The van der Waals surface area contributed by atoms with Crippen LogP contribution in [0.4, 0.5) is 5.95 Å². The Balaban J connectivity index is 1.76. The Morgan fingerprint density at radius 2 is 1.84 bits per heavy atom. The molecule has 1 aromatic heterocycles. The van der Waals surface area contributed by atoms with Crippen LogP contribution in [0.25, 0.3) is 11.3 Å². The number of carbonyl (C=O) groups excluding carboxylic acids is 1. The molecule has 166 valence electrons. The quantitative estimate of drug-likeness (QED) is 0.406. The van der Waals surface area contributed by atoms with Crippen LogP contribution in [-0.4, -0.2) is 31.5 Å². The molecule has 32 heavy (non-hydrogen) atoms. The number of anilines is 1. The third kappa shape index (κ3) is 4.33. The van der Waals surface area contributed by atoms with Gasteiger partial charge in [-0.05, 0) is 61.9 Å². The first kappa shape index (κ1) is 22.2. The van der Waals surface area contributed by atoms with Crippen molar-refractivity contribution in [1.29, 1.82) is 0 Å². The van der Waals surface area contributed by atoms with E-state index in [1.807, 2.05) is 26.0 Å². The molecule has 0 atom stereocenters. The summed E-state index contributed by atoms with van der Waals surface area (Å²) in [4.78, 5) is 20.3. The van der Waals surface area contributed by atoms with Crippen LogP contribution in [0.15, 0.2) is 47.4 Å². The molecular weight excluding hydrogens is 450 g/mol. The molecule has 0 aliphatic heterocycles. The lowest BCUT2D eigenvalue weighted by Crippen LogP contribution is -2.16. The number of hydrogen-bond acceptors (Lipinski definition) is 6. The summed E-state index contributed by atoms with van der Waals surface area (Å²) in [6.07, 6.45) is 2.23. The summed E-state index contributed by atoms with van der Waals surface area (Å²) >= 11 is 6.38. The lowest BCUT2D eigenvalue weighted by Gasteiger charge is -2.16. The number of hydrogen-bond donors (Lipinski definition) is 1. The molecule has 9 heteroatoms. The van der Waals surface area contributed by atoms with E-state index in [0.29, 0.717) is 17.2 Å². The van der Waals surface area contributed by atoms with Crippen molar-refractivity contribution < 1.29 is 17.9 Å². The number of aryl methyl sites for hydroxylation is 1. The van der Waals surface area contributed by atoms with Gasteiger partial charge in [0.1, 0.15) is 5.15 Å². The molecule has 0 bridgehead atoms. The maximum atomic E-state index is 13.0. The van der Waals surface area contributed by atoms with E-state index < -0.39 is 16.0 Å². The summed E-state index contributed by atoms with van der Waals surface area (Å²) in [5.41, 5.74) is 4.58. The zero-order valence-corrected chi connectivity index (χ0v) is 19.4. The van der Waals surface area contributed by atoms with E-state index in [0.717, 1.165) is 24.0 Å². The molecule has 2 aromatic carbocycles. The van der Waals surface area contributed by atoms with E-state index >= 15 is 0 Å². The Morgan fingerprint density at radius 1 is 1.12 bits per heavy atom. The SMILES string of the molecule is COC(=O)c1cccc(S(=O)(=O)Nc2nc(Cl)c(C)c(-c3c(C)cccc3C3CC3)n2)c1. The van der Waals surface area contributed by atoms with Crippen molar-refractivity contribution in [3.63, 3.8) is 0 Å². The van der Waals surface area contributed by atoms with E-state index in [2.05, 4.69) is 25.5 Å². The van der Waals surface area contributed by atoms with E-state index in [1.54, 1.807) is 0 Å². The predicted octanol–water partition coefficient (Wildman–Crippen LogP) is 4.88. The van der Waals surface area contributed by atoms with Gasteiger partial charge in [0.2, 0.25) is 5.95 Å². The lowest BCUT2D eigenvalue weighted by atomic mass is 9.94. The smallest absolute Gasteiger partial charge is 0.337 e. The molecule has 0 spiro atoms. The van der Waals surface area contributed by atoms with Gasteiger partial charge in [0.15, 0.2) is 0 Å². The highest BCUT2D eigenvalue weighted by Crippen LogP contribution is 2.46. The molecule has 3 aromatic rings. The average molecular weight is 472 g/mol. The second-order valence-electron chi connectivity index (χ2n) is 7.75. The summed E-state index contributed by atoms with van der Waals surface area (Å²) in [6, 6.07) is 11.6. The van der Waals surface area contributed by atoms with Gasteiger partial charge in [-0.3, -0.25) is 0 Å². The number of benzene rings is 2. The van der Waals surface area contributed by atoms with Gasteiger partial charge in [-0.25, -0.2) is 22.9 Å². The predicted molar refractivity (Wildman–Crippen MR) is 123 cm³/mol. The van der Waals surface area contributed by atoms with Gasteiger partial charge < -0.3 is 4.74 Å². The highest BCUT2D eigenvalue weighted by Gasteiger charge is 2.29. The molecule has 0 unspecified atom stereocenters. The molecule has 0 saturated heterocycles. The molecule has 1 saturated carbocycles. The molecule has 7 nitrogen and oxygen atoms in total. The van der Waals surface area contributed by atoms with E-state index in [4.69, 9.17) is 11.6 Å². The van der Waals surface area contributed by atoms with Gasteiger partial charge in [0.05, 0.1) is 23.3 Å². The Morgan fingerprint density at radius 3 is 2.53 bits per heavy atom. The van der Waals surface area contributed by atoms with Crippen LogP contribution in [0.5, 0.6) is 0 Å². The lowest BCUT2D eigenvalue weighted by molar-refractivity contribution is 0.0600. The number of halogens is 1. The van der Waals surface area contributed by atoms with Crippen LogP contribution >= 0.6 is 11.6 Å². The topological polar surface area (TPSA) is 98.2 Å². The molecule has 4 rings (SSSR count). The summed E-state index contributed by atoms with van der Waals surface area (Å²) in [5.74, 6) is -0.297. The summed E-state index contributed by atoms with van der Waals surface area (Å²) in [7, 11) is -2.84. The summed E-state index contributed by atoms with van der Waals surface area (Å²) < 4.78 is 33.0. The molecule has 1 aliphatic rings. The monoisotopic (exact) mass is 471 g/mol. The van der Waals surface area contributed by atoms with Gasteiger partial charge in [0.25, 0.3) is 10.0 Å².